The number of aromatic nitrogens is 1. The van der Waals surface area contributed by atoms with Crippen LogP contribution in [0.15, 0.2) is 33.7 Å². The monoisotopic (exact) mass is 472 g/mol. The Hall–Kier alpha value is -1.77. The van der Waals surface area contributed by atoms with Gasteiger partial charge in [-0.2, -0.15) is 0 Å². The van der Waals surface area contributed by atoms with Crippen LogP contribution in [0.4, 0.5) is 0 Å². The largest absolute Gasteiger partial charge is 0.489 e. The second-order valence-electron chi connectivity index (χ2n) is 6.02. The number of rotatable bonds is 7. The van der Waals surface area contributed by atoms with E-state index in [4.69, 9.17) is 9.15 Å². The predicted molar refractivity (Wildman–Crippen MR) is 115 cm³/mol. The summed E-state index contributed by atoms with van der Waals surface area (Å²) < 4.78 is 11.5. The molecular formula is C19H29IN4O2. The van der Waals surface area contributed by atoms with E-state index in [1.165, 1.54) is 0 Å². The molecule has 6 nitrogen and oxygen atoms in total. The quantitative estimate of drug-likeness (QED) is 0.365. The molecule has 0 amide bonds. The van der Waals surface area contributed by atoms with Crippen molar-refractivity contribution < 1.29 is 9.15 Å². The molecule has 0 fully saturated rings. The highest BCUT2D eigenvalue weighted by atomic mass is 127. The molecule has 2 N–H and O–H groups in total. The van der Waals surface area contributed by atoms with Crippen molar-refractivity contribution in [2.45, 2.75) is 47.3 Å². The standard InChI is InChI=1S/C19H28N4O2.HI/c1-6-20-19(22-12-18-23-15(4)16(5)25-18)21-11-14(3)24-17-10-8-7-9-13(17)2;/h7-10,14H,6,11-12H2,1-5H3,(H2,20,21,22);1H. The van der Waals surface area contributed by atoms with E-state index >= 15 is 0 Å². The zero-order valence-electron chi connectivity index (χ0n) is 16.1. The van der Waals surface area contributed by atoms with Gasteiger partial charge in [0, 0.05) is 6.54 Å². The molecule has 2 rings (SSSR count). The van der Waals surface area contributed by atoms with Gasteiger partial charge in [0.15, 0.2) is 5.96 Å². The molecule has 1 atom stereocenters. The number of guanidine groups is 1. The normalized spacial score (nSPS) is 12.3. The summed E-state index contributed by atoms with van der Waals surface area (Å²) in [5.74, 6) is 3.08. The summed E-state index contributed by atoms with van der Waals surface area (Å²) in [7, 11) is 0. The van der Waals surface area contributed by atoms with Crippen LogP contribution in [0.1, 0.15) is 36.8 Å². The zero-order valence-corrected chi connectivity index (χ0v) is 18.5. The van der Waals surface area contributed by atoms with Crippen LogP contribution >= 0.6 is 24.0 Å². The molecule has 0 saturated heterocycles. The average molecular weight is 472 g/mol. The molecule has 0 bridgehead atoms. The third kappa shape index (κ3) is 6.86. The van der Waals surface area contributed by atoms with Crippen molar-refractivity contribution in [1.29, 1.82) is 0 Å². The van der Waals surface area contributed by atoms with Gasteiger partial charge in [0.05, 0.1) is 12.2 Å². The van der Waals surface area contributed by atoms with Crippen LogP contribution in [-0.4, -0.2) is 30.1 Å². The molecule has 1 aromatic heterocycles. The molecule has 144 valence electrons. The van der Waals surface area contributed by atoms with Crippen LogP contribution in [0, 0.1) is 20.8 Å². The lowest BCUT2D eigenvalue weighted by Gasteiger charge is -2.18. The molecular weight excluding hydrogens is 443 g/mol. The summed E-state index contributed by atoms with van der Waals surface area (Å²) in [6, 6.07) is 8.02. The molecule has 0 aliphatic carbocycles. The lowest BCUT2D eigenvalue weighted by molar-refractivity contribution is 0.222. The van der Waals surface area contributed by atoms with E-state index in [9.17, 15) is 0 Å². The van der Waals surface area contributed by atoms with E-state index in [0.29, 0.717) is 19.0 Å². The van der Waals surface area contributed by atoms with Crippen LogP contribution < -0.4 is 15.4 Å². The highest BCUT2D eigenvalue weighted by Crippen LogP contribution is 2.17. The summed E-state index contributed by atoms with van der Waals surface area (Å²) in [4.78, 5) is 8.87. The summed E-state index contributed by atoms with van der Waals surface area (Å²) >= 11 is 0. The fourth-order valence-electron chi connectivity index (χ4n) is 2.28. The molecule has 1 heterocycles. The van der Waals surface area contributed by atoms with Crippen LogP contribution in [-0.2, 0) is 6.54 Å². The van der Waals surface area contributed by atoms with E-state index in [-0.39, 0.29) is 30.1 Å². The molecule has 0 spiro atoms. The number of nitrogens with one attached hydrogen (secondary N) is 2. The van der Waals surface area contributed by atoms with Crippen LogP contribution in [0.25, 0.3) is 0 Å². The number of para-hydroxylation sites is 1. The Morgan fingerprint density at radius 2 is 1.96 bits per heavy atom. The molecule has 0 radical (unpaired) electrons. The van der Waals surface area contributed by atoms with Gasteiger partial charge in [-0.25, -0.2) is 9.98 Å². The lowest BCUT2D eigenvalue weighted by atomic mass is 10.2. The number of aryl methyl sites for hydroxylation is 3. The predicted octanol–water partition coefficient (Wildman–Crippen LogP) is 3.74. The Bertz CT molecular complexity index is 696. The topological polar surface area (TPSA) is 71.7 Å². The average Bonchev–Trinajstić information content (AvgIpc) is 2.90. The molecule has 0 aliphatic heterocycles. The minimum absolute atomic E-state index is 0. The summed E-state index contributed by atoms with van der Waals surface area (Å²) in [6.07, 6.45) is 0.0104. The number of halogens is 1. The van der Waals surface area contributed by atoms with Gasteiger partial charge in [0.1, 0.15) is 24.2 Å². The first kappa shape index (κ1) is 22.3. The highest BCUT2D eigenvalue weighted by Gasteiger charge is 2.08. The van der Waals surface area contributed by atoms with Crippen molar-refractivity contribution in [1.82, 2.24) is 15.6 Å². The number of nitrogens with zero attached hydrogens (tertiary/aromatic N) is 2. The Morgan fingerprint density at radius 3 is 2.58 bits per heavy atom. The van der Waals surface area contributed by atoms with Crippen molar-refractivity contribution >= 4 is 29.9 Å². The summed E-state index contributed by atoms with van der Waals surface area (Å²) in [5.41, 5.74) is 2.04. The molecule has 0 aliphatic rings. The fraction of sp³-hybridized carbons (Fsp3) is 0.474. The van der Waals surface area contributed by atoms with E-state index in [1.54, 1.807) is 0 Å². The molecule has 1 aromatic carbocycles. The van der Waals surface area contributed by atoms with Crippen molar-refractivity contribution in [3.8, 4) is 5.75 Å². The van der Waals surface area contributed by atoms with Crippen LogP contribution in [0.2, 0.25) is 0 Å². The van der Waals surface area contributed by atoms with Crippen molar-refractivity contribution in [3.63, 3.8) is 0 Å². The van der Waals surface area contributed by atoms with E-state index in [2.05, 4.69) is 20.6 Å². The van der Waals surface area contributed by atoms with Gasteiger partial charge >= 0.3 is 0 Å². The van der Waals surface area contributed by atoms with E-state index in [0.717, 1.165) is 35.3 Å². The van der Waals surface area contributed by atoms with Crippen LogP contribution in [0.3, 0.4) is 0 Å². The highest BCUT2D eigenvalue weighted by molar-refractivity contribution is 14.0. The molecule has 0 saturated carbocycles. The summed E-state index contributed by atoms with van der Waals surface area (Å²) in [6.45, 7) is 11.8. The number of oxazole rings is 1. The van der Waals surface area contributed by atoms with Gasteiger partial charge in [0.2, 0.25) is 5.89 Å². The summed E-state index contributed by atoms with van der Waals surface area (Å²) in [5, 5.41) is 6.52. The first-order valence-electron chi connectivity index (χ1n) is 8.67. The SMILES string of the molecule is CCNC(=NCc1nc(C)c(C)o1)NCC(C)Oc1ccccc1C.I. The Morgan fingerprint density at radius 1 is 1.23 bits per heavy atom. The van der Waals surface area contributed by atoms with Gasteiger partial charge in [-0.15, -0.1) is 24.0 Å². The molecule has 2 aromatic rings. The van der Waals surface area contributed by atoms with Gasteiger partial charge in [-0.3, -0.25) is 0 Å². The molecule has 7 heteroatoms. The second kappa shape index (κ2) is 11.1. The third-order valence-corrected chi connectivity index (χ3v) is 3.77. The number of benzene rings is 1. The Balaban J connectivity index is 0.00000338. The number of hydrogen-bond acceptors (Lipinski definition) is 4. The minimum Gasteiger partial charge on any atom is -0.489 e. The fourth-order valence-corrected chi connectivity index (χ4v) is 2.28. The van der Waals surface area contributed by atoms with E-state index < -0.39 is 0 Å². The first-order chi connectivity index (χ1) is 12.0. The third-order valence-electron chi connectivity index (χ3n) is 3.77. The van der Waals surface area contributed by atoms with Crippen molar-refractivity contribution in [2.24, 2.45) is 4.99 Å². The zero-order chi connectivity index (χ0) is 18.2. The van der Waals surface area contributed by atoms with Gasteiger partial charge < -0.3 is 19.8 Å². The van der Waals surface area contributed by atoms with Crippen molar-refractivity contribution in [2.75, 3.05) is 13.1 Å². The Kier molecular flexibility index (Phi) is 9.47. The van der Waals surface area contributed by atoms with E-state index in [1.807, 2.05) is 58.9 Å². The first-order valence-corrected chi connectivity index (χ1v) is 8.67. The number of ether oxygens (including phenoxy) is 1. The van der Waals surface area contributed by atoms with Crippen LogP contribution in [0.5, 0.6) is 5.75 Å². The lowest BCUT2D eigenvalue weighted by Crippen LogP contribution is -2.41. The second-order valence-corrected chi connectivity index (χ2v) is 6.02. The number of aliphatic imine (C=N–C) groups is 1. The minimum atomic E-state index is 0. The van der Waals surface area contributed by atoms with Gasteiger partial charge in [-0.05, 0) is 46.2 Å². The maximum Gasteiger partial charge on any atom is 0.216 e. The molecule has 1 unspecified atom stereocenters. The number of hydrogen-bond donors (Lipinski definition) is 2. The Labute approximate surface area is 172 Å². The van der Waals surface area contributed by atoms with Gasteiger partial charge in [-0.1, -0.05) is 18.2 Å². The maximum absolute atomic E-state index is 5.98. The maximum atomic E-state index is 5.98. The molecule has 26 heavy (non-hydrogen) atoms. The van der Waals surface area contributed by atoms with Crippen molar-refractivity contribution in [3.05, 3.63) is 47.2 Å². The van der Waals surface area contributed by atoms with Gasteiger partial charge in [0.25, 0.3) is 0 Å². The smallest absolute Gasteiger partial charge is 0.216 e.